The maximum Gasteiger partial charge on any atom is 0.318 e. The molecular weight excluding hydrogens is 200 g/mol. The largest absolute Gasteiger partial charge is 0.341 e. The predicted octanol–water partition coefficient (Wildman–Crippen LogP) is 2.77. The molecule has 81 valence electrons. The summed E-state index contributed by atoms with van der Waals surface area (Å²) >= 11 is 0. The van der Waals surface area contributed by atoms with Gasteiger partial charge in [-0.1, -0.05) is 24.3 Å². The molecule has 2 rings (SSSR count). The number of urea groups is 1. The van der Waals surface area contributed by atoms with Crippen LogP contribution in [0.2, 0.25) is 0 Å². The Bertz CT molecular complexity index is 534. The van der Waals surface area contributed by atoms with Crippen molar-refractivity contribution in [3.05, 3.63) is 48.9 Å². The van der Waals surface area contributed by atoms with Crippen molar-refractivity contribution >= 4 is 22.5 Å². The number of amides is 2. The molecule has 0 heterocycles. The lowest BCUT2D eigenvalue weighted by Crippen LogP contribution is -2.24. The first-order chi connectivity index (χ1) is 7.69. The third-order valence-corrected chi connectivity index (χ3v) is 2.39. The average molecular weight is 213 g/mol. The van der Waals surface area contributed by atoms with Crippen molar-refractivity contribution in [1.82, 2.24) is 5.32 Å². The van der Waals surface area contributed by atoms with E-state index in [-0.39, 0.29) is 6.03 Å². The molecule has 2 aromatic carbocycles. The van der Waals surface area contributed by atoms with Crippen LogP contribution in [-0.4, -0.2) is 13.1 Å². The Hall–Kier alpha value is -2.03. The lowest BCUT2D eigenvalue weighted by Gasteiger charge is -2.06. The van der Waals surface area contributed by atoms with Crippen molar-refractivity contribution in [2.45, 2.75) is 0 Å². The summed E-state index contributed by atoms with van der Waals surface area (Å²) in [7, 11) is 1.59. The van der Waals surface area contributed by atoms with Gasteiger partial charge in [0.25, 0.3) is 0 Å². The van der Waals surface area contributed by atoms with E-state index in [0.717, 1.165) is 22.0 Å². The van der Waals surface area contributed by atoms with Crippen LogP contribution in [0.15, 0.2) is 36.4 Å². The van der Waals surface area contributed by atoms with Crippen LogP contribution >= 0.6 is 0 Å². The summed E-state index contributed by atoms with van der Waals surface area (Å²) in [6, 6.07) is 11.5. The Morgan fingerprint density at radius 3 is 2.56 bits per heavy atom. The minimum absolute atomic E-state index is 0.215. The molecule has 2 aromatic rings. The Kier molecular flexibility index (Phi) is 2.77. The van der Waals surface area contributed by atoms with E-state index >= 15 is 0 Å². The zero-order valence-electron chi connectivity index (χ0n) is 9.08. The summed E-state index contributed by atoms with van der Waals surface area (Å²) in [6.07, 6.45) is 0. The molecule has 0 aliphatic rings. The molecule has 0 spiro atoms. The highest BCUT2D eigenvalue weighted by molar-refractivity contribution is 5.93. The van der Waals surface area contributed by atoms with Gasteiger partial charge in [0.05, 0.1) is 0 Å². The number of hydrogen-bond donors (Lipinski definition) is 2. The first-order valence-electron chi connectivity index (χ1n) is 5.03. The van der Waals surface area contributed by atoms with Crippen molar-refractivity contribution in [3.63, 3.8) is 0 Å². The summed E-state index contributed by atoms with van der Waals surface area (Å²) < 4.78 is 0. The second kappa shape index (κ2) is 4.23. The Labute approximate surface area is 94.5 Å². The van der Waals surface area contributed by atoms with Gasteiger partial charge < -0.3 is 10.6 Å². The second-order valence-corrected chi connectivity index (χ2v) is 3.60. The third-order valence-electron chi connectivity index (χ3n) is 2.39. The quantitative estimate of drug-likeness (QED) is 0.751. The second-order valence-electron chi connectivity index (χ2n) is 3.60. The number of carbonyl (C=O) groups is 1. The maximum atomic E-state index is 11.1. The highest BCUT2D eigenvalue weighted by Crippen LogP contribution is 2.20. The van der Waals surface area contributed by atoms with Crippen molar-refractivity contribution in [3.8, 4) is 0 Å². The van der Waals surface area contributed by atoms with Crippen molar-refractivity contribution in [2.75, 3.05) is 12.4 Å². The monoisotopic (exact) mass is 213 g/mol. The highest BCUT2D eigenvalue weighted by atomic mass is 16.2. The van der Waals surface area contributed by atoms with E-state index in [1.807, 2.05) is 36.4 Å². The fraction of sp³-hybridized carbons (Fsp3) is 0.0769. The smallest absolute Gasteiger partial charge is 0.318 e. The number of carbonyl (C=O) groups excluding carboxylic acids is 1. The molecule has 1 radical (unpaired) electrons. The fourth-order valence-corrected chi connectivity index (χ4v) is 1.57. The SMILES string of the molecule is [CH2]c1ccc2cc(NC(=O)NC)ccc2c1. The van der Waals surface area contributed by atoms with Crippen molar-refractivity contribution < 1.29 is 4.79 Å². The summed E-state index contributed by atoms with van der Waals surface area (Å²) in [5, 5.41) is 7.45. The Morgan fingerprint density at radius 1 is 1.12 bits per heavy atom. The van der Waals surface area contributed by atoms with Gasteiger partial charge in [0.2, 0.25) is 0 Å². The molecule has 0 bridgehead atoms. The standard InChI is InChI=1S/C13H13N2O/c1-9-3-4-11-8-12(15-13(16)14-2)6-5-10(11)7-9/h3-8H,1H2,2H3,(H2,14,15,16). The van der Waals surface area contributed by atoms with Gasteiger partial charge in [-0.2, -0.15) is 0 Å². The molecule has 0 aliphatic carbocycles. The Morgan fingerprint density at radius 2 is 1.81 bits per heavy atom. The number of benzene rings is 2. The number of nitrogens with one attached hydrogen (secondary N) is 2. The van der Waals surface area contributed by atoms with Crippen LogP contribution in [0.3, 0.4) is 0 Å². The number of anilines is 1. The molecular formula is C13H13N2O. The van der Waals surface area contributed by atoms with Gasteiger partial charge in [-0.3, -0.25) is 0 Å². The lowest BCUT2D eigenvalue weighted by molar-refractivity contribution is 0.254. The zero-order valence-corrected chi connectivity index (χ0v) is 9.08. The van der Waals surface area contributed by atoms with Crippen LogP contribution in [0.1, 0.15) is 5.56 Å². The average Bonchev–Trinajstić information content (AvgIpc) is 2.29. The molecule has 0 aromatic heterocycles. The van der Waals surface area contributed by atoms with Crippen LogP contribution in [0.25, 0.3) is 10.8 Å². The molecule has 0 saturated carbocycles. The number of rotatable bonds is 1. The van der Waals surface area contributed by atoms with E-state index in [9.17, 15) is 4.79 Å². The predicted molar refractivity (Wildman–Crippen MR) is 66.5 cm³/mol. The van der Waals surface area contributed by atoms with Gasteiger partial charge in [-0.05, 0) is 35.4 Å². The molecule has 0 aliphatic heterocycles. The zero-order chi connectivity index (χ0) is 11.5. The van der Waals surface area contributed by atoms with E-state index in [0.29, 0.717) is 0 Å². The fourth-order valence-electron chi connectivity index (χ4n) is 1.57. The van der Waals surface area contributed by atoms with Gasteiger partial charge >= 0.3 is 6.03 Å². The van der Waals surface area contributed by atoms with Gasteiger partial charge in [0, 0.05) is 12.7 Å². The van der Waals surface area contributed by atoms with Crippen LogP contribution in [0.4, 0.5) is 10.5 Å². The highest BCUT2D eigenvalue weighted by Gasteiger charge is 2.00. The van der Waals surface area contributed by atoms with Crippen molar-refractivity contribution in [1.29, 1.82) is 0 Å². The molecule has 0 unspecified atom stereocenters. The van der Waals surface area contributed by atoms with Crippen LogP contribution < -0.4 is 10.6 Å². The molecule has 3 nitrogen and oxygen atoms in total. The molecule has 2 N–H and O–H groups in total. The molecule has 3 heteroatoms. The first-order valence-corrected chi connectivity index (χ1v) is 5.03. The summed E-state index contributed by atoms with van der Waals surface area (Å²) in [4.78, 5) is 11.1. The summed E-state index contributed by atoms with van der Waals surface area (Å²) in [5.41, 5.74) is 1.77. The van der Waals surface area contributed by atoms with Gasteiger partial charge in [-0.25, -0.2) is 4.79 Å². The van der Waals surface area contributed by atoms with E-state index in [1.54, 1.807) is 7.05 Å². The minimum atomic E-state index is -0.215. The van der Waals surface area contributed by atoms with Gasteiger partial charge in [0.1, 0.15) is 0 Å². The molecule has 0 fully saturated rings. The minimum Gasteiger partial charge on any atom is -0.341 e. The first kappa shape index (κ1) is 10.5. The normalized spacial score (nSPS) is 10.1. The maximum absolute atomic E-state index is 11.1. The van der Waals surface area contributed by atoms with E-state index in [2.05, 4.69) is 17.6 Å². The topological polar surface area (TPSA) is 41.1 Å². The number of fused-ring (bicyclic) bond motifs is 1. The summed E-state index contributed by atoms with van der Waals surface area (Å²) in [5.74, 6) is 0. The van der Waals surface area contributed by atoms with Crippen LogP contribution in [0, 0.1) is 6.92 Å². The van der Waals surface area contributed by atoms with Crippen LogP contribution in [0.5, 0.6) is 0 Å². The molecule has 0 atom stereocenters. The van der Waals surface area contributed by atoms with Crippen molar-refractivity contribution in [2.24, 2.45) is 0 Å². The summed E-state index contributed by atoms with van der Waals surface area (Å²) in [6.45, 7) is 3.88. The van der Waals surface area contributed by atoms with E-state index in [1.165, 1.54) is 0 Å². The van der Waals surface area contributed by atoms with E-state index in [4.69, 9.17) is 0 Å². The molecule has 2 amide bonds. The van der Waals surface area contributed by atoms with Crippen LogP contribution in [-0.2, 0) is 0 Å². The number of hydrogen-bond acceptors (Lipinski definition) is 1. The van der Waals surface area contributed by atoms with Gasteiger partial charge in [0.15, 0.2) is 0 Å². The third kappa shape index (κ3) is 2.14. The molecule has 0 saturated heterocycles. The Balaban J connectivity index is 2.37. The van der Waals surface area contributed by atoms with Gasteiger partial charge in [-0.15, -0.1) is 0 Å². The van der Waals surface area contributed by atoms with E-state index < -0.39 is 0 Å². The molecule has 16 heavy (non-hydrogen) atoms. The lowest BCUT2D eigenvalue weighted by atomic mass is 10.1.